The molecular formula is C16H20N4O3S. The fraction of sp³-hybridized carbons (Fsp3) is 0.250. The van der Waals surface area contributed by atoms with E-state index in [0.717, 1.165) is 5.56 Å². The van der Waals surface area contributed by atoms with E-state index < -0.39 is 10.0 Å². The number of pyridine rings is 1. The van der Waals surface area contributed by atoms with Gasteiger partial charge in [-0.1, -0.05) is 12.1 Å². The molecule has 1 aromatic heterocycles. The highest BCUT2D eigenvalue weighted by molar-refractivity contribution is 7.89. The fourth-order valence-corrected chi connectivity index (χ4v) is 2.87. The summed E-state index contributed by atoms with van der Waals surface area (Å²) in [6.07, 6.45) is 3.32. The Hall–Kier alpha value is -2.45. The minimum Gasteiger partial charge on any atom is -0.334 e. The Morgan fingerprint density at radius 2 is 1.92 bits per heavy atom. The molecule has 1 unspecified atom stereocenters. The summed E-state index contributed by atoms with van der Waals surface area (Å²) >= 11 is 0. The number of carbonyl (C=O) groups excluding carboxylic acids is 1. The Labute approximate surface area is 141 Å². The quantitative estimate of drug-likeness (QED) is 0.737. The van der Waals surface area contributed by atoms with Crippen molar-refractivity contribution in [2.45, 2.75) is 24.4 Å². The molecule has 2 amide bonds. The lowest BCUT2D eigenvalue weighted by atomic mass is 10.1. The molecule has 0 aliphatic carbocycles. The van der Waals surface area contributed by atoms with Gasteiger partial charge in [-0.2, -0.15) is 0 Å². The second kappa shape index (κ2) is 7.89. The topological polar surface area (TPSA) is 100 Å². The molecule has 3 N–H and O–H groups in total. The summed E-state index contributed by atoms with van der Waals surface area (Å²) in [4.78, 5) is 16.0. The maximum atomic E-state index is 12.0. The Bertz CT molecular complexity index is 794. The lowest BCUT2D eigenvalue weighted by molar-refractivity contribution is 0.237. The van der Waals surface area contributed by atoms with Crippen LogP contribution in [0.4, 0.5) is 4.79 Å². The molecule has 0 aliphatic rings. The number of aromatic nitrogens is 1. The highest BCUT2D eigenvalue weighted by Crippen LogP contribution is 2.17. The zero-order valence-corrected chi connectivity index (χ0v) is 14.3. The maximum absolute atomic E-state index is 12.0. The lowest BCUT2D eigenvalue weighted by Gasteiger charge is -2.16. The van der Waals surface area contributed by atoms with Crippen molar-refractivity contribution in [1.29, 1.82) is 0 Å². The molecule has 1 aromatic carbocycles. The van der Waals surface area contributed by atoms with Gasteiger partial charge in [-0.05, 0) is 49.4 Å². The van der Waals surface area contributed by atoms with E-state index in [2.05, 4.69) is 20.3 Å². The van der Waals surface area contributed by atoms with E-state index in [1.165, 1.54) is 13.1 Å². The van der Waals surface area contributed by atoms with Gasteiger partial charge < -0.3 is 10.6 Å². The van der Waals surface area contributed by atoms with Crippen LogP contribution < -0.4 is 15.4 Å². The SMILES string of the molecule is CNS(=O)(=O)c1cccc(C(C)NC(=O)NCc2ccncc2)c1. The first kappa shape index (κ1) is 17.9. The van der Waals surface area contributed by atoms with Gasteiger partial charge in [-0.15, -0.1) is 0 Å². The van der Waals surface area contributed by atoms with Crippen molar-refractivity contribution in [3.8, 4) is 0 Å². The number of nitrogens with one attached hydrogen (secondary N) is 3. The summed E-state index contributed by atoms with van der Waals surface area (Å²) in [6, 6.07) is 9.42. The average molecular weight is 348 g/mol. The number of carbonyl (C=O) groups is 1. The van der Waals surface area contributed by atoms with Crippen LogP contribution in [0.2, 0.25) is 0 Å². The summed E-state index contributed by atoms with van der Waals surface area (Å²) in [5.74, 6) is 0. The molecule has 0 saturated heterocycles. The van der Waals surface area contributed by atoms with Crippen LogP contribution in [0.5, 0.6) is 0 Å². The number of hydrogen-bond acceptors (Lipinski definition) is 4. The van der Waals surface area contributed by atoms with Gasteiger partial charge in [-0.3, -0.25) is 4.98 Å². The second-order valence-corrected chi connectivity index (χ2v) is 7.07. The summed E-state index contributed by atoms with van der Waals surface area (Å²) < 4.78 is 26.0. The van der Waals surface area contributed by atoms with E-state index in [-0.39, 0.29) is 17.0 Å². The van der Waals surface area contributed by atoms with Crippen molar-refractivity contribution in [3.05, 3.63) is 59.9 Å². The van der Waals surface area contributed by atoms with E-state index in [1.807, 2.05) is 12.1 Å². The van der Waals surface area contributed by atoms with Crippen molar-refractivity contribution in [1.82, 2.24) is 20.3 Å². The number of urea groups is 1. The molecule has 1 heterocycles. The predicted molar refractivity (Wildman–Crippen MR) is 90.7 cm³/mol. The highest BCUT2D eigenvalue weighted by Gasteiger charge is 2.15. The minimum absolute atomic E-state index is 0.161. The third-order valence-electron chi connectivity index (χ3n) is 3.49. The molecule has 8 heteroatoms. The minimum atomic E-state index is -3.51. The predicted octanol–water partition coefficient (Wildman–Crippen LogP) is 1.55. The van der Waals surface area contributed by atoms with Gasteiger partial charge in [0.25, 0.3) is 0 Å². The van der Waals surface area contributed by atoms with Crippen LogP contribution in [0.15, 0.2) is 53.7 Å². The molecule has 0 radical (unpaired) electrons. The van der Waals surface area contributed by atoms with Gasteiger partial charge in [0, 0.05) is 18.9 Å². The summed E-state index contributed by atoms with van der Waals surface area (Å²) in [5.41, 5.74) is 1.64. The maximum Gasteiger partial charge on any atom is 0.315 e. The molecular weight excluding hydrogens is 328 g/mol. The van der Waals surface area contributed by atoms with Crippen LogP contribution in [0.25, 0.3) is 0 Å². The van der Waals surface area contributed by atoms with Crippen molar-refractivity contribution in [2.75, 3.05) is 7.05 Å². The standard InChI is InChI=1S/C16H20N4O3S/c1-12(14-4-3-5-15(10-14)24(22,23)17-2)20-16(21)19-11-13-6-8-18-9-7-13/h3-10,12,17H,11H2,1-2H3,(H2,19,20,21). The van der Waals surface area contributed by atoms with Gasteiger partial charge >= 0.3 is 6.03 Å². The average Bonchev–Trinajstić information content (AvgIpc) is 2.61. The van der Waals surface area contributed by atoms with E-state index in [9.17, 15) is 13.2 Å². The van der Waals surface area contributed by atoms with E-state index in [4.69, 9.17) is 0 Å². The Morgan fingerprint density at radius 3 is 2.58 bits per heavy atom. The molecule has 7 nitrogen and oxygen atoms in total. The third kappa shape index (κ3) is 4.77. The lowest BCUT2D eigenvalue weighted by Crippen LogP contribution is -2.36. The molecule has 0 saturated carbocycles. The zero-order chi connectivity index (χ0) is 17.6. The van der Waals surface area contributed by atoms with Gasteiger partial charge in [0.05, 0.1) is 10.9 Å². The van der Waals surface area contributed by atoms with Crippen LogP contribution in [0, 0.1) is 0 Å². The van der Waals surface area contributed by atoms with Crippen molar-refractivity contribution in [3.63, 3.8) is 0 Å². The first-order chi connectivity index (χ1) is 11.4. The molecule has 1 atom stereocenters. The zero-order valence-electron chi connectivity index (χ0n) is 13.5. The fourth-order valence-electron chi connectivity index (χ4n) is 2.08. The number of nitrogens with zero attached hydrogens (tertiary/aromatic N) is 1. The summed E-state index contributed by atoms with van der Waals surface area (Å²) in [6.45, 7) is 2.17. The largest absolute Gasteiger partial charge is 0.334 e. The third-order valence-corrected chi connectivity index (χ3v) is 4.90. The number of hydrogen-bond donors (Lipinski definition) is 3. The van der Waals surface area contributed by atoms with Gasteiger partial charge in [-0.25, -0.2) is 17.9 Å². The Morgan fingerprint density at radius 1 is 1.21 bits per heavy atom. The van der Waals surface area contributed by atoms with Crippen LogP contribution >= 0.6 is 0 Å². The van der Waals surface area contributed by atoms with Crippen LogP contribution in [-0.4, -0.2) is 26.5 Å². The number of rotatable bonds is 6. The molecule has 2 rings (SSSR count). The second-order valence-electron chi connectivity index (χ2n) is 5.18. The van der Waals surface area contributed by atoms with E-state index in [1.54, 1.807) is 37.5 Å². The number of sulfonamides is 1. The number of benzene rings is 1. The Balaban J connectivity index is 1.98. The molecule has 2 aromatic rings. The van der Waals surface area contributed by atoms with Crippen LogP contribution in [-0.2, 0) is 16.6 Å². The van der Waals surface area contributed by atoms with Crippen molar-refractivity contribution < 1.29 is 13.2 Å². The number of amides is 2. The van der Waals surface area contributed by atoms with E-state index >= 15 is 0 Å². The summed E-state index contributed by atoms with van der Waals surface area (Å²) in [5, 5.41) is 5.53. The van der Waals surface area contributed by atoms with Crippen molar-refractivity contribution >= 4 is 16.1 Å². The molecule has 0 bridgehead atoms. The normalized spacial score (nSPS) is 12.4. The monoisotopic (exact) mass is 348 g/mol. The first-order valence-corrected chi connectivity index (χ1v) is 8.87. The molecule has 0 spiro atoms. The molecule has 0 aliphatic heterocycles. The van der Waals surface area contributed by atoms with Crippen molar-refractivity contribution in [2.24, 2.45) is 0 Å². The van der Waals surface area contributed by atoms with Gasteiger partial charge in [0.15, 0.2) is 0 Å². The highest BCUT2D eigenvalue weighted by atomic mass is 32.2. The molecule has 0 fully saturated rings. The smallest absolute Gasteiger partial charge is 0.315 e. The van der Waals surface area contributed by atoms with E-state index in [0.29, 0.717) is 12.1 Å². The molecule has 24 heavy (non-hydrogen) atoms. The van der Waals surface area contributed by atoms with Gasteiger partial charge in [0.1, 0.15) is 0 Å². The molecule has 128 valence electrons. The Kier molecular flexibility index (Phi) is 5.88. The summed E-state index contributed by atoms with van der Waals surface area (Å²) in [7, 11) is -2.16. The first-order valence-electron chi connectivity index (χ1n) is 7.39. The van der Waals surface area contributed by atoms with Crippen LogP contribution in [0.1, 0.15) is 24.1 Å². The van der Waals surface area contributed by atoms with Crippen LogP contribution in [0.3, 0.4) is 0 Å². The van der Waals surface area contributed by atoms with Gasteiger partial charge in [0.2, 0.25) is 10.0 Å².